The molecule has 0 spiro atoms. The number of hydrogen-bond acceptors (Lipinski definition) is 6. The quantitative estimate of drug-likeness (QED) is 0.625. The van der Waals surface area contributed by atoms with Gasteiger partial charge in [-0.2, -0.15) is 4.98 Å². The van der Waals surface area contributed by atoms with Gasteiger partial charge in [-0.15, -0.1) is 0 Å². The van der Waals surface area contributed by atoms with E-state index in [4.69, 9.17) is 9.84 Å². The highest BCUT2D eigenvalue weighted by molar-refractivity contribution is 7.99. The number of carboxylic acids is 1. The van der Waals surface area contributed by atoms with E-state index in [2.05, 4.69) is 9.97 Å². The summed E-state index contributed by atoms with van der Waals surface area (Å²) in [5, 5.41) is 9.09. The standard InChI is InChI=1S/C13H13N3O4S/c1-20-11-6-9(2-4-14-11)7-16-5-3-10(17)15-13(16)21-8-12(18)19/h2-6H,7-8H2,1H3,(H,18,19). The van der Waals surface area contributed by atoms with Crippen LogP contribution >= 0.6 is 11.8 Å². The zero-order valence-corrected chi connectivity index (χ0v) is 12.0. The van der Waals surface area contributed by atoms with Crippen LogP contribution in [0.3, 0.4) is 0 Å². The van der Waals surface area contributed by atoms with Crippen LogP contribution in [0.25, 0.3) is 0 Å². The van der Waals surface area contributed by atoms with Crippen molar-refractivity contribution in [2.45, 2.75) is 11.7 Å². The van der Waals surface area contributed by atoms with Crippen LogP contribution in [0.2, 0.25) is 0 Å². The van der Waals surface area contributed by atoms with Gasteiger partial charge in [0.15, 0.2) is 5.16 Å². The molecule has 0 fully saturated rings. The predicted molar refractivity (Wildman–Crippen MR) is 76.7 cm³/mol. The molecule has 2 aromatic rings. The van der Waals surface area contributed by atoms with E-state index in [0.29, 0.717) is 17.6 Å². The highest BCUT2D eigenvalue weighted by atomic mass is 32.2. The lowest BCUT2D eigenvalue weighted by molar-refractivity contribution is -0.133. The van der Waals surface area contributed by atoms with Gasteiger partial charge in [-0.25, -0.2) is 4.98 Å². The molecule has 0 aliphatic carbocycles. The minimum atomic E-state index is -0.963. The van der Waals surface area contributed by atoms with Crippen LogP contribution in [0.1, 0.15) is 5.56 Å². The molecular formula is C13H13N3O4S. The second-order valence-electron chi connectivity index (χ2n) is 4.07. The molecule has 7 nitrogen and oxygen atoms in total. The minimum absolute atomic E-state index is 0.157. The number of carbonyl (C=O) groups is 1. The zero-order chi connectivity index (χ0) is 15.2. The van der Waals surface area contributed by atoms with Gasteiger partial charge >= 0.3 is 5.97 Å². The summed E-state index contributed by atoms with van der Waals surface area (Å²) in [6, 6.07) is 4.92. The first kappa shape index (κ1) is 15.0. The Kier molecular flexibility index (Phi) is 4.94. The first-order chi connectivity index (χ1) is 10.1. The topological polar surface area (TPSA) is 94.3 Å². The maximum atomic E-state index is 11.3. The second kappa shape index (κ2) is 6.89. The average molecular weight is 307 g/mol. The highest BCUT2D eigenvalue weighted by Crippen LogP contribution is 2.16. The molecule has 0 saturated carbocycles. The van der Waals surface area contributed by atoms with E-state index in [0.717, 1.165) is 17.3 Å². The first-order valence-corrected chi connectivity index (χ1v) is 6.98. The molecule has 21 heavy (non-hydrogen) atoms. The number of thioether (sulfide) groups is 1. The van der Waals surface area contributed by atoms with Crippen molar-refractivity contribution in [3.8, 4) is 5.88 Å². The fraction of sp³-hybridized carbons (Fsp3) is 0.231. The van der Waals surface area contributed by atoms with Crippen molar-refractivity contribution in [2.75, 3.05) is 12.9 Å². The van der Waals surface area contributed by atoms with E-state index >= 15 is 0 Å². The summed E-state index contributed by atoms with van der Waals surface area (Å²) >= 11 is 1.00. The highest BCUT2D eigenvalue weighted by Gasteiger charge is 2.08. The number of carboxylic acid groups (broad SMARTS) is 1. The summed E-state index contributed by atoms with van der Waals surface area (Å²) in [5.74, 6) is -0.632. The van der Waals surface area contributed by atoms with Crippen LogP contribution in [0.4, 0.5) is 0 Å². The smallest absolute Gasteiger partial charge is 0.313 e. The van der Waals surface area contributed by atoms with Gasteiger partial charge < -0.3 is 14.4 Å². The minimum Gasteiger partial charge on any atom is -0.481 e. The SMILES string of the molecule is COc1cc(Cn2ccc(=O)nc2SCC(=O)O)ccn1. The molecule has 2 aromatic heterocycles. The fourth-order valence-corrected chi connectivity index (χ4v) is 2.33. The van der Waals surface area contributed by atoms with Gasteiger partial charge in [-0.3, -0.25) is 9.59 Å². The summed E-state index contributed by atoms with van der Waals surface area (Å²) < 4.78 is 6.76. The second-order valence-corrected chi connectivity index (χ2v) is 5.01. The molecule has 0 unspecified atom stereocenters. The van der Waals surface area contributed by atoms with E-state index in [1.165, 1.54) is 13.2 Å². The molecule has 0 aliphatic rings. The Morgan fingerprint density at radius 2 is 2.29 bits per heavy atom. The molecule has 2 rings (SSSR count). The van der Waals surface area contributed by atoms with Crippen molar-refractivity contribution in [3.63, 3.8) is 0 Å². The number of aromatic nitrogens is 3. The van der Waals surface area contributed by atoms with E-state index in [9.17, 15) is 9.59 Å². The Bertz CT molecular complexity index is 702. The zero-order valence-electron chi connectivity index (χ0n) is 11.2. The van der Waals surface area contributed by atoms with Gasteiger partial charge in [0, 0.05) is 31.1 Å². The third kappa shape index (κ3) is 4.32. The molecule has 0 aromatic carbocycles. The number of aliphatic carboxylic acids is 1. The lowest BCUT2D eigenvalue weighted by atomic mass is 10.2. The Balaban J connectivity index is 2.25. The molecule has 8 heteroatoms. The van der Waals surface area contributed by atoms with Crippen molar-refractivity contribution >= 4 is 17.7 Å². The van der Waals surface area contributed by atoms with Crippen LogP contribution < -0.4 is 10.3 Å². The number of ether oxygens (including phenoxy) is 1. The molecule has 0 bridgehead atoms. The molecule has 0 aliphatic heterocycles. The molecule has 0 atom stereocenters. The summed E-state index contributed by atoms with van der Waals surface area (Å²) in [6.07, 6.45) is 3.21. The number of hydrogen-bond donors (Lipinski definition) is 1. The van der Waals surface area contributed by atoms with Gasteiger partial charge in [0.05, 0.1) is 12.9 Å². The van der Waals surface area contributed by atoms with Crippen LogP contribution in [0, 0.1) is 0 Å². The van der Waals surface area contributed by atoms with Gasteiger partial charge in [-0.1, -0.05) is 11.8 Å². The molecule has 110 valence electrons. The van der Waals surface area contributed by atoms with Crippen molar-refractivity contribution in [2.24, 2.45) is 0 Å². The Hall–Kier alpha value is -2.35. The summed E-state index contributed by atoms with van der Waals surface area (Å²) in [6.45, 7) is 0.439. The Labute approximate surface area is 124 Å². The normalized spacial score (nSPS) is 10.3. The molecule has 2 heterocycles. The maximum Gasteiger partial charge on any atom is 0.313 e. The predicted octanol–water partition coefficient (Wildman–Crippen LogP) is 0.872. The molecule has 0 radical (unpaired) electrons. The number of methoxy groups -OCH3 is 1. The number of pyridine rings is 1. The third-order valence-corrected chi connectivity index (χ3v) is 3.51. The van der Waals surface area contributed by atoms with E-state index in [1.807, 2.05) is 6.07 Å². The van der Waals surface area contributed by atoms with Crippen molar-refractivity contribution in [3.05, 3.63) is 46.5 Å². The lowest BCUT2D eigenvalue weighted by Gasteiger charge is -2.11. The summed E-state index contributed by atoms with van der Waals surface area (Å²) in [7, 11) is 1.53. The maximum absolute atomic E-state index is 11.3. The Morgan fingerprint density at radius 3 is 3.00 bits per heavy atom. The van der Waals surface area contributed by atoms with Gasteiger partial charge in [0.25, 0.3) is 5.56 Å². The van der Waals surface area contributed by atoms with Gasteiger partial charge in [0.2, 0.25) is 5.88 Å². The first-order valence-electron chi connectivity index (χ1n) is 5.99. The Morgan fingerprint density at radius 1 is 1.48 bits per heavy atom. The number of nitrogens with zero attached hydrogens (tertiary/aromatic N) is 3. The van der Waals surface area contributed by atoms with E-state index < -0.39 is 11.5 Å². The van der Waals surface area contributed by atoms with Crippen LogP contribution in [0.15, 0.2) is 40.5 Å². The average Bonchev–Trinajstić information content (AvgIpc) is 2.47. The molecule has 0 saturated heterocycles. The number of rotatable bonds is 6. The van der Waals surface area contributed by atoms with Crippen LogP contribution in [-0.4, -0.2) is 38.5 Å². The molecule has 1 N–H and O–H groups in total. The monoisotopic (exact) mass is 307 g/mol. The summed E-state index contributed by atoms with van der Waals surface area (Å²) in [5.41, 5.74) is 0.510. The molecule has 0 amide bonds. The lowest BCUT2D eigenvalue weighted by Crippen LogP contribution is -2.15. The molecular weight excluding hydrogens is 294 g/mol. The van der Waals surface area contributed by atoms with Gasteiger partial charge in [0.1, 0.15) is 0 Å². The largest absolute Gasteiger partial charge is 0.481 e. The van der Waals surface area contributed by atoms with Crippen LogP contribution in [0.5, 0.6) is 5.88 Å². The van der Waals surface area contributed by atoms with E-state index in [-0.39, 0.29) is 5.75 Å². The fourth-order valence-electron chi connectivity index (χ4n) is 1.63. The van der Waals surface area contributed by atoms with Gasteiger partial charge in [-0.05, 0) is 11.6 Å². The summed E-state index contributed by atoms with van der Waals surface area (Å²) in [4.78, 5) is 29.8. The van der Waals surface area contributed by atoms with Crippen molar-refractivity contribution < 1.29 is 14.6 Å². The third-order valence-electron chi connectivity index (χ3n) is 2.53. The van der Waals surface area contributed by atoms with Crippen LogP contribution in [-0.2, 0) is 11.3 Å². The van der Waals surface area contributed by atoms with E-state index in [1.54, 1.807) is 23.0 Å². The van der Waals surface area contributed by atoms with Crippen molar-refractivity contribution in [1.29, 1.82) is 0 Å². The van der Waals surface area contributed by atoms with Crippen molar-refractivity contribution in [1.82, 2.24) is 14.5 Å².